The second-order valence-electron chi connectivity index (χ2n) is 10.4. The number of ether oxygens (including phenoxy) is 3. The molecule has 0 bridgehead atoms. The average molecular weight is 433 g/mol. The molecule has 0 aromatic heterocycles. The van der Waals surface area contributed by atoms with E-state index in [4.69, 9.17) is 14.2 Å². The maximum absolute atomic E-state index is 6.26. The van der Waals surface area contributed by atoms with Gasteiger partial charge in [0.25, 0.3) is 0 Å². The fourth-order valence-corrected chi connectivity index (χ4v) is 6.94. The Balaban J connectivity index is 1.14. The van der Waals surface area contributed by atoms with E-state index >= 15 is 0 Å². The summed E-state index contributed by atoms with van der Waals surface area (Å²) in [6, 6.07) is 14.0. The molecular weight excluding hydrogens is 400 g/mol. The Labute approximate surface area is 190 Å². The Hall–Kier alpha value is -2.40. The average Bonchev–Trinajstić information content (AvgIpc) is 3.62. The molecule has 2 fully saturated rings. The maximum Gasteiger partial charge on any atom is 0.231 e. The zero-order chi connectivity index (χ0) is 21.1. The zero-order valence-electron chi connectivity index (χ0n) is 18.7. The van der Waals surface area contributed by atoms with Crippen LogP contribution in [0.2, 0.25) is 0 Å². The third kappa shape index (κ3) is 2.86. The lowest BCUT2D eigenvalue weighted by atomic mass is 9.77. The quantitative estimate of drug-likeness (QED) is 0.710. The molecule has 2 aromatic rings. The molecule has 168 valence electrons. The molecule has 5 aliphatic rings. The number of nitrogens with zero attached hydrogens (tertiary/aromatic N) is 2. The van der Waals surface area contributed by atoms with Crippen LogP contribution in [0, 0.1) is 5.92 Å². The van der Waals surface area contributed by atoms with Crippen LogP contribution in [0.5, 0.6) is 17.2 Å². The number of para-hydroxylation sites is 1. The van der Waals surface area contributed by atoms with E-state index in [1.165, 1.54) is 68.4 Å². The lowest BCUT2D eigenvalue weighted by molar-refractivity contribution is 0.135. The van der Waals surface area contributed by atoms with E-state index in [9.17, 15) is 0 Å². The van der Waals surface area contributed by atoms with Gasteiger partial charge in [-0.15, -0.1) is 0 Å². The molecular formula is C27H32N2O3. The summed E-state index contributed by atoms with van der Waals surface area (Å²) in [6.45, 7) is 5.70. The Morgan fingerprint density at radius 2 is 1.62 bits per heavy atom. The topological polar surface area (TPSA) is 34.2 Å². The Morgan fingerprint density at radius 3 is 2.47 bits per heavy atom. The number of anilines is 1. The van der Waals surface area contributed by atoms with Crippen molar-refractivity contribution in [2.45, 2.75) is 50.0 Å². The number of likely N-dealkylation sites (tertiary alicyclic amines) is 1. The van der Waals surface area contributed by atoms with Crippen molar-refractivity contribution in [3.8, 4) is 17.2 Å². The SMILES string of the molecule is c1ccc2c(c1)N(CC1CCN(C3CCCC3)CC1)CC21COc2cc3c(cc21)OCO3. The minimum absolute atomic E-state index is 0.114. The Morgan fingerprint density at radius 1 is 0.844 bits per heavy atom. The van der Waals surface area contributed by atoms with E-state index in [-0.39, 0.29) is 5.41 Å². The largest absolute Gasteiger partial charge is 0.492 e. The van der Waals surface area contributed by atoms with Gasteiger partial charge in [-0.2, -0.15) is 0 Å². The van der Waals surface area contributed by atoms with Gasteiger partial charge in [0.2, 0.25) is 6.79 Å². The van der Waals surface area contributed by atoms with Crippen LogP contribution in [0.15, 0.2) is 36.4 Å². The molecule has 1 unspecified atom stereocenters. The first kappa shape index (κ1) is 19.1. The molecule has 1 saturated carbocycles. The number of hydrogen-bond acceptors (Lipinski definition) is 5. The van der Waals surface area contributed by atoms with E-state index < -0.39 is 0 Å². The molecule has 5 nitrogen and oxygen atoms in total. The number of rotatable bonds is 3. The monoisotopic (exact) mass is 432 g/mol. The van der Waals surface area contributed by atoms with Crippen LogP contribution in [0.1, 0.15) is 49.7 Å². The summed E-state index contributed by atoms with van der Waals surface area (Å²) in [5.74, 6) is 3.38. The summed E-state index contributed by atoms with van der Waals surface area (Å²) in [5.41, 5.74) is 3.94. The number of piperidine rings is 1. The smallest absolute Gasteiger partial charge is 0.231 e. The van der Waals surface area contributed by atoms with Gasteiger partial charge < -0.3 is 24.0 Å². The maximum atomic E-state index is 6.26. The first-order valence-electron chi connectivity index (χ1n) is 12.5. The van der Waals surface area contributed by atoms with E-state index in [1.807, 2.05) is 6.07 Å². The van der Waals surface area contributed by atoms with Crippen molar-refractivity contribution in [3.63, 3.8) is 0 Å². The van der Waals surface area contributed by atoms with Gasteiger partial charge in [-0.05, 0) is 62.4 Å². The molecule has 0 N–H and O–H groups in total. The summed E-state index contributed by atoms with van der Waals surface area (Å²) in [7, 11) is 0. The molecule has 1 saturated heterocycles. The van der Waals surface area contributed by atoms with E-state index in [0.717, 1.165) is 42.3 Å². The van der Waals surface area contributed by atoms with E-state index in [1.54, 1.807) is 0 Å². The summed E-state index contributed by atoms with van der Waals surface area (Å²) in [5, 5.41) is 0. The third-order valence-corrected chi connectivity index (χ3v) is 8.65. The predicted octanol–water partition coefficient (Wildman–Crippen LogP) is 4.57. The highest BCUT2D eigenvalue weighted by molar-refractivity contribution is 5.70. The summed E-state index contributed by atoms with van der Waals surface area (Å²) in [6.07, 6.45) is 8.36. The first-order valence-corrected chi connectivity index (χ1v) is 12.5. The second-order valence-corrected chi connectivity index (χ2v) is 10.4. The van der Waals surface area contributed by atoms with Crippen LogP contribution in [-0.4, -0.2) is 50.5 Å². The van der Waals surface area contributed by atoms with Crippen LogP contribution >= 0.6 is 0 Å². The molecule has 7 rings (SSSR count). The molecule has 5 heteroatoms. The third-order valence-electron chi connectivity index (χ3n) is 8.65. The summed E-state index contributed by atoms with van der Waals surface area (Å²) < 4.78 is 17.6. The van der Waals surface area contributed by atoms with Crippen LogP contribution in [0.4, 0.5) is 5.69 Å². The predicted molar refractivity (Wildman–Crippen MR) is 124 cm³/mol. The Bertz CT molecular complexity index is 1030. The van der Waals surface area contributed by atoms with Crippen molar-refractivity contribution in [1.29, 1.82) is 0 Å². The first-order chi connectivity index (χ1) is 15.8. The summed E-state index contributed by atoms with van der Waals surface area (Å²) in [4.78, 5) is 5.43. The molecule has 4 heterocycles. The van der Waals surface area contributed by atoms with Crippen molar-refractivity contribution < 1.29 is 14.2 Å². The van der Waals surface area contributed by atoms with E-state index in [2.05, 4.69) is 40.1 Å². The van der Waals surface area contributed by atoms with Crippen LogP contribution in [0.25, 0.3) is 0 Å². The number of benzene rings is 2. The molecule has 0 radical (unpaired) electrons. The normalized spacial score (nSPS) is 27.2. The lowest BCUT2D eigenvalue weighted by Crippen LogP contribution is -2.43. The van der Waals surface area contributed by atoms with Gasteiger partial charge in [0.1, 0.15) is 12.4 Å². The molecule has 1 aliphatic carbocycles. The van der Waals surface area contributed by atoms with Crippen LogP contribution in [-0.2, 0) is 5.41 Å². The minimum atomic E-state index is -0.114. The standard InChI is InChI=1S/C27H32N2O3/c1-2-6-20(5-1)28-11-9-19(10-12-28)15-29-16-27(21-7-3-4-8-23(21)29)17-30-24-14-26-25(13-22(24)27)31-18-32-26/h3-4,7-8,13-14,19-20H,1-2,5-6,9-12,15-18H2. The van der Waals surface area contributed by atoms with Gasteiger partial charge in [0, 0.05) is 36.4 Å². The van der Waals surface area contributed by atoms with Crippen molar-refractivity contribution in [1.82, 2.24) is 4.90 Å². The van der Waals surface area contributed by atoms with Crippen LogP contribution in [0.3, 0.4) is 0 Å². The second kappa shape index (κ2) is 7.31. The highest BCUT2D eigenvalue weighted by atomic mass is 16.7. The highest BCUT2D eigenvalue weighted by Crippen LogP contribution is 2.54. The van der Waals surface area contributed by atoms with Crippen molar-refractivity contribution in [2.24, 2.45) is 5.92 Å². The van der Waals surface area contributed by atoms with Gasteiger partial charge in [0.15, 0.2) is 11.5 Å². The highest BCUT2D eigenvalue weighted by Gasteiger charge is 2.50. The Kier molecular flexibility index (Phi) is 4.36. The minimum Gasteiger partial charge on any atom is -0.492 e. The van der Waals surface area contributed by atoms with Crippen molar-refractivity contribution in [2.75, 3.05) is 44.5 Å². The molecule has 1 atom stereocenters. The zero-order valence-corrected chi connectivity index (χ0v) is 18.7. The number of fused-ring (bicyclic) bond motifs is 5. The lowest BCUT2D eigenvalue weighted by Gasteiger charge is -2.38. The van der Waals surface area contributed by atoms with Gasteiger partial charge >= 0.3 is 0 Å². The van der Waals surface area contributed by atoms with Crippen LogP contribution < -0.4 is 19.1 Å². The molecule has 0 amide bonds. The fraction of sp³-hybridized carbons (Fsp3) is 0.556. The van der Waals surface area contributed by atoms with Crippen molar-refractivity contribution >= 4 is 5.69 Å². The van der Waals surface area contributed by atoms with Gasteiger partial charge in [-0.1, -0.05) is 31.0 Å². The fourth-order valence-electron chi connectivity index (χ4n) is 6.94. The molecule has 32 heavy (non-hydrogen) atoms. The van der Waals surface area contributed by atoms with Gasteiger partial charge in [-0.25, -0.2) is 0 Å². The van der Waals surface area contributed by atoms with E-state index in [0.29, 0.717) is 13.4 Å². The van der Waals surface area contributed by atoms with Gasteiger partial charge in [0.05, 0.1) is 5.41 Å². The molecule has 1 spiro atoms. The summed E-state index contributed by atoms with van der Waals surface area (Å²) >= 11 is 0. The van der Waals surface area contributed by atoms with Crippen molar-refractivity contribution in [3.05, 3.63) is 47.5 Å². The van der Waals surface area contributed by atoms with Gasteiger partial charge in [-0.3, -0.25) is 0 Å². The number of hydrogen-bond donors (Lipinski definition) is 0. The molecule has 2 aromatic carbocycles. The molecule has 4 aliphatic heterocycles.